The predicted octanol–water partition coefficient (Wildman–Crippen LogP) is 3.77. The summed E-state index contributed by atoms with van der Waals surface area (Å²) >= 11 is 6.04. The predicted molar refractivity (Wildman–Crippen MR) is 80.6 cm³/mol. The number of rotatable bonds is 2. The Morgan fingerprint density at radius 2 is 1.79 bits per heavy atom. The molecule has 19 heavy (non-hydrogen) atoms. The molecule has 0 radical (unpaired) electrons. The highest BCUT2D eigenvalue weighted by Crippen LogP contribution is 2.25. The molecule has 3 nitrogen and oxygen atoms in total. The highest BCUT2D eigenvalue weighted by Gasteiger charge is 2.14. The van der Waals surface area contributed by atoms with Crippen molar-refractivity contribution < 1.29 is 0 Å². The van der Waals surface area contributed by atoms with E-state index in [0.29, 0.717) is 17.4 Å². The molecular weight excluding hydrogens is 258 g/mol. The lowest BCUT2D eigenvalue weighted by molar-refractivity contribution is 0.589. The molecule has 0 aliphatic heterocycles. The number of hydrogen-bond acceptors (Lipinski definition) is 2. The molecule has 0 fully saturated rings. The zero-order valence-electron chi connectivity index (χ0n) is 11.9. The third kappa shape index (κ3) is 2.92. The van der Waals surface area contributed by atoms with Crippen LogP contribution in [0, 0.1) is 6.92 Å². The van der Waals surface area contributed by atoms with E-state index in [-0.39, 0.29) is 5.41 Å². The minimum atomic E-state index is 0.170. The fourth-order valence-corrected chi connectivity index (χ4v) is 2.12. The van der Waals surface area contributed by atoms with Gasteiger partial charge in [-0.3, -0.25) is 0 Å². The van der Waals surface area contributed by atoms with Crippen LogP contribution in [0.15, 0.2) is 24.3 Å². The quantitative estimate of drug-likeness (QED) is 0.908. The Kier molecular flexibility index (Phi) is 3.59. The van der Waals surface area contributed by atoms with Gasteiger partial charge in [0.25, 0.3) is 0 Å². The second-order valence-electron chi connectivity index (χ2n) is 5.89. The number of nitrogens with two attached hydrogens (primary N) is 1. The lowest BCUT2D eigenvalue weighted by Crippen LogP contribution is -2.11. The number of halogens is 1. The molecule has 0 atom stereocenters. The highest BCUT2D eigenvalue weighted by atomic mass is 35.5. The van der Waals surface area contributed by atoms with Crippen molar-refractivity contribution in [3.8, 4) is 0 Å². The minimum absolute atomic E-state index is 0.170. The Morgan fingerprint density at radius 3 is 2.21 bits per heavy atom. The van der Waals surface area contributed by atoms with E-state index in [1.54, 1.807) is 4.68 Å². The summed E-state index contributed by atoms with van der Waals surface area (Å²) in [6.07, 6.45) is 0. The van der Waals surface area contributed by atoms with Gasteiger partial charge in [-0.05, 0) is 23.5 Å². The van der Waals surface area contributed by atoms with Gasteiger partial charge in [-0.2, -0.15) is 5.10 Å². The first-order chi connectivity index (χ1) is 8.79. The van der Waals surface area contributed by atoms with Crippen molar-refractivity contribution in [3.63, 3.8) is 0 Å². The molecule has 0 amide bonds. The number of nitrogens with zero attached hydrogens (tertiary/aromatic N) is 2. The Bertz CT molecular complexity index is 577. The smallest absolute Gasteiger partial charge is 0.141 e. The van der Waals surface area contributed by atoms with Gasteiger partial charge in [-0.1, -0.05) is 56.6 Å². The maximum Gasteiger partial charge on any atom is 0.141 e. The van der Waals surface area contributed by atoms with Crippen LogP contribution in [0.2, 0.25) is 5.02 Å². The van der Waals surface area contributed by atoms with Crippen molar-refractivity contribution in [2.24, 2.45) is 0 Å². The standard InChI is InChI=1S/C15H20ClN3/c1-10-13(16)14(17)19(18-10)9-11-5-7-12(8-6-11)15(2,3)4/h5-8H,9,17H2,1-4H3. The molecule has 0 aliphatic carbocycles. The van der Waals surface area contributed by atoms with Crippen LogP contribution >= 0.6 is 11.6 Å². The molecule has 0 aliphatic rings. The molecular formula is C15H20ClN3. The largest absolute Gasteiger partial charge is 0.383 e. The summed E-state index contributed by atoms with van der Waals surface area (Å²) in [6.45, 7) is 9.12. The number of anilines is 1. The van der Waals surface area contributed by atoms with Gasteiger partial charge >= 0.3 is 0 Å². The van der Waals surface area contributed by atoms with Gasteiger partial charge in [0.1, 0.15) is 10.8 Å². The van der Waals surface area contributed by atoms with Crippen LogP contribution in [0.4, 0.5) is 5.82 Å². The Balaban J connectivity index is 2.22. The van der Waals surface area contributed by atoms with Gasteiger partial charge < -0.3 is 5.73 Å². The fourth-order valence-electron chi connectivity index (χ4n) is 1.98. The van der Waals surface area contributed by atoms with Gasteiger partial charge in [0, 0.05) is 0 Å². The molecule has 2 rings (SSSR count). The van der Waals surface area contributed by atoms with Crippen LogP contribution in [0.25, 0.3) is 0 Å². The summed E-state index contributed by atoms with van der Waals surface area (Å²) in [5.41, 5.74) is 9.34. The molecule has 1 aromatic heterocycles. The topological polar surface area (TPSA) is 43.8 Å². The van der Waals surface area contributed by atoms with Crippen molar-refractivity contribution in [2.45, 2.75) is 39.7 Å². The lowest BCUT2D eigenvalue weighted by atomic mass is 9.87. The van der Waals surface area contributed by atoms with Crippen LogP contribution in [0.1, 0.15) is 37.6 Å². The minimum Gasteiger partial charge on any atom is -0.383 e. The molecule has 0 unspecified atom stereocenters. The first kappa shape index (κ1) is 13.9. The molecule has 0 saturated carbocycles. The van der Waals surface area contributed by atoms with Crippen LogP contribution in [0.3, 0.4) is 0 Å². The van der Waals surface area contributed by atoms with Crippen molar-refractivity contribution in [1.29, 1.82) is 0 Å². The summed E-state index contributed by atoms with van der Waals surface area (Å²) in [5.74, 6) is 0.527. The zero-order chi connectivity index (χ0) is 14.2. The number of aromatic nitrogens is 2. The van der Waals surface area contributed by atoms with E-state index in [1.807, 2.05) is 6.92 Å². The third-order valence-electron chi connectivity index (χ3n) is 3.24. The molecule has 0 saturated heterocycles. The molecule has 2 N–H and O–H groups in total. The number of hydrogen-bond donors (Lipinski definition) is 1. The summed E-state index contributed by atoms with van der Waals surface area (Å²) in [6, 6.07) is 8.54. The molecule has 2 aromatic rings. The summed E-state index contributed by atoms with van der Waals surface area (Å²) in [7, 11) is 0. The normalized spacial score (nSPS) is 11.8. The molecule has 4 heteroatoms. The zero-order valence-corrected chi connectivity index (χ0v) is 12.6. The van der Waals surface area contributed by atoms with Crippen molar-refractivity contribution in [1.82, 2.24) is 9.78 Å². The lowest BCUT2D eigenvalue weighted by Gasteiger charge is -2.19. The highest BCUT2D eigenvalue weighted by molar-refractivity contribution is 6.33. The summed E-state index contributed by atoms with van der Waals surface area (Å²) in [4.78, 5) is 0. The van der Waals surface area contributed by atoms with Crippen molar-refractivity contribution in [2.75, 3.05) is 5.73 Å². The van der Waals surface area contributed by atoms with Crippen LogP contribution in [-0.4, -0.2) is 9.78 Å². The van der Waals surface area contributed by atoms with E-state index in [4.69, 9.17) is 17.3 Å². The summed E-state index contributed by atoms with van der Waals surface area (Å²) < 4.78 is 1.74. The maximum atomic E-state index is 6.04. The second-order valence-corrected chi connectivity index (χ2v) is 6.27. The van der Waals surface area contributed by atoms with Crippen molar-refractivity contribution in [3.05, 3.63) is 46.1 Å². The molecule has 1 aromatic carbocycles. The molecule has 0 bridgehead atoms. The fraction of sp³-hybridized carbons (Fsp3) is 0.400. The van der Waals surface area contributed by atoms with Crippen molar-refractivity contribution >= 4 is 17.4 Å². The van der Waals surface area contributed by atoms with E-state index in [1.165, 1.54) is 11.1 Å². The number of aryl methyl sites for hydroxylation is 1. The van der Waals surface area contributed by atoms with Gasteiger partial charge in [0.15, 0.2) is 0 Å². The maximum absolute atomic E-state index is 6.04. The van der Waals surface area contributed by atoms with E-state index in [2.05, 4.69) is 50.1 Å². The van der Waals surface area contributed by atoms with Gasteiger partial charge in [-0.25, -0.2) is 4.68 Å². The van der Waals surface area contributed by atoms with E-state index < -0.39 is 0 Å². The Hall–Kier alpha value is -1.48. The average Bonchev–Trinajstić information content (AvgIpc) is 2.57. The Labute approximate surface area is 119 Å². The number of benzene rings is 1. The molecule has 1 heterocycles. The van der Waals surface area contributed by atoms with Gasteiger partial charge in [0.2, 0.25) is 0 Å². The van der Waals surface area contributed by atoms with Crippen LogP contribution < -0.4 is 5.73 Å². The average molecular weight is 278 g/mol. The third-order valence-corrected chi connectivity index (χ3v) is 3.71. The monoisotopic (exact) mass is 277 g/mol. The SMILES string of the molecule is Cc1nn(Cc2ccc(C(C)(C)C)cc2)c(N)c1Cl. The summed E-state index contributed by atoms with van der Waals surface area (Å²) in [5, 5.41) is 4.88. The van der Waals surface area contributed by atoms with E-state index in [0.717, 1.165) is 5.69 Å². The second kappa shape index (κ2) is 4.89. The van der Waals surface area contributed by atoms with Gasteiger partial charge in [-0.15, -0.1) is 0 Å². The number of nitrogen functional groups attached to an aromatic ring is 1. The van der Waals surface area contributed by atoms with E-state index in [9.17, 15) is 0 Å². The van der Waals surface area contributed by atoms with E-state index >= 15 is 0 Å². The molecule has 0 spiro atoms. The molecule has 102 valence electrons. The van der Waals surface area contributed by atoms with Gasteiger partial charge in [0.05, 0.1) is 12.2 Å². The van der Waals surface area contributed by atoms with Crippen LogP contribution in [-0.2, 0) is 12.0 Å². The first-order valence-electron chi connectivity index (χ1n) is 6.37. The van der Waals surface area contributed by atoms with Crippen LogP contribution in [0.5, 0.6) is 0 Å². The first-order valence-corrected chi connectivity index (χ1v) is 6.74. The Morgan fingerprint density at radius 1 is 1.21 bits per heavy atom.